The Morgan fingerprint density at radius 2 is 2.20 bits per heavy atom. The van der Waals surface area contributed by atoms with Crippen molar-refractivity contribution >= 4 is 17.3 Å². The molecule has 15 heavy (non-hydrogen) atoms. The van der Waals surface area contributed by atoms with Gasteiger partial charge in [0.1, 0.15) is 0 Å². The molecule has 0 heterocycles. The van der Waals surface area contributed by atoms with E-state index in [9.17, 15) is 4.79 Å². The number of nitrogen functional groups attached to an aromatic ring is 1. The van der Waals surface area contributed by atoms with E-state index < -0.39 is 5.97 Å². The van der Waals surface area contributed by atoms with Crippen LogP contribution in [-0.4, -0.2) is 17.1 Å². The smallest absolute Gasteiger partial charge is 0.307 e. The van der Waals surface area contributed by atoms with Gasteiger partial charge in [0.2, 0.25) is 0 Å². The van der Waals surface area contributed by atoms with Gasteiger partial charge >= 0.3 is 5.97 Å². The van der Waals surface area contributed by atoms with Crippen LogP contribution >= 0.6 is 0 Å². The predicted octanol–water partition coefficient (Wildman–Crippen LogP) is 1.72. The molecule has 0 aliphatic carbocycles. The van der Waals surface area contributed by atoms with Crippen molar-refractivity contribution in [2.24, 2.45) is 0 Å². The Hall–Kier alpha value is -1.71. The van der Waals surface area contributed by atoms with E-state index >= 15 is 0 Å². The lowest BCUT2D eigenvalue weighted by Gasteiger charge is -2.13. The van der Waals surface area contributed by atoms with E-state index in [1.807, 2.05) is 19.9 Å². The van der Waals surface area contributed by atoms with Crippen molar-refractivity contribution in [3.05, 3.63) is 23.8 Å². The van der Waals surface area contributed by atoms with E-state index in [1.54, 1.807) is 12.1 Å². The summed E-state index contributed by atoms with van der Waals surface area (Å²) < 4.78 is 0. The highest BCUT2D eigenvalue weighted by atomic mass is 16.4. The van der Waals surface area contributed by atoms with Crippen LogP contribution in [0.15, 0.2) is 18.2 Å². The maximum absolute atomic E-state index is 10.5. The van der Waals surface area contributed by atoms with Gasteiger partial charge in [-0.3, -0.25) is 4.79 Å². The van der Waals surface area contributed by atoms with Gasteiger partial charge in [-0.15, -0.1) is 0 Å². The number of carboxylic acid groups (broad SMARTS) is 1. The average Bonchev–Trinajstić information content (AvgIpc) is 2.08. The molecule has 0 fully saturated rings. The number of carbonyl (C=O) groups is 1. The number of aliphatic carboxylic acids is 1. The summed E-state index contributed by atoms with van der Waals surface area (Å²) in [6, 6.07) is 5.58. The fourth-order valence-corrected chi connectivity index (χ4v) is 1.34. The lowest BCUT2D eigenvalue weighted by molar-refractivity contribution is -0.136. The molecule has 0 spiro atoms. The molecule has 4 nitrogen and oxygen atoms in total. The molecule has 0 bridgehead atoms. The fourth-order valence-electron chi connectivity index (χ4n) is 1.34. The zero-order valence-corrected chi connectivity index (χ0v) is 8.95. The molecule has 0 aliphatic heterocycles. The van der Waals surface area contributed by atoms with Gasteiger partial charge in [0, 0.05) is 6.04 Å². The van der Waals surface area contributed by atoms with Crippen LogP contribution in [-0.2, 0) is 11.2 Å². The summed E-state index contributed by atoms with van der Waals surface area (Å²) in [5.74, 6) is -0.848. The van der Waals surface area contributed by atoms with Gasteiger partial charge < -0.3 is 16.2 Å². The molecular weight excluding hydrogens is 192 g/mol. The monoisotopic (exact) mass is 208 g/mol. The summed E-state index contributed by atoms with van der Waals surface area (Å²) in [6.07, 6.45) is 0.00611. The zero-order chi connectivity index (χ0) is 11.4. The van der Waals surface area contributed by atoms with Gasteiger partial charge in [0.25, 0.3) is 0 Å². The highest BCUT2D eigenvalue weighted by Crippen LogP contribution is 2.20. The first-order valence-corrected chi connectivity index (χ1v) is 4.85. The number of benzene rings is 1. The Bertz CT molecular complexity index is 362. The van der Waals surface area contributed by atoms with Crippen LogP contribution in [0.4, 0.5) is 11.4 Å². The normalized spacial score (nSPS) is 10.3. The van der Waals surface area contributed by atoms with Crippen LogP contribution in [0.2, 0.25) is 0 Å². The van der Waals surface area contributed by atoms with Crippen molar-refractivity contribution in [2.75, 3.05) is 11.1 Å². The molecule has 0 atom stereocenters. The number of nitrogens with two attached hydrogens (primary N) is 1. The van der Waals surface area contributed by atoms with Gasteiger partial charge in [-0.2, -0.15) is 0 Å². The largest absolute Gasteiger partial charge is 0.481 e. The number of anilines is 2. The molecule has 0 radical (unpaired) electrons. The maximum atomic E-state index is 10.5. The Morgan fingerprint density at radius 3 is 2.67 bits per heavy atom. The Morgan fingerprint density at radius 1 is 1.53 bits per heavy atom. The molecule has 4 N–H and O–H groups in total. The molecule has 0 aromatic heterocycles. The summed E-state index contributed by atoms with van der Waals surface area (Å²) in [6.45, 7) is 4.04. The minimum atomic E-state index is -0.848. The van der Waals surface area contributed by atoms with Crippen molar-refractivity contribution in [3.8, 4) is 0 Å². The highest BCUT2D eigenvalue weighted by molar-refractivity contribution is 5.73. The van der Waals surface area contributed by atoms with E-state index in [0.717, 1.165) is 5.69 Å². The minimum Gasteiger partial charge on any atom is -0.481 e. The van der Waals surface area contributed by atoms with Gasteiger partial charge in [0.15, 0.2) is 0 Å². The maximum Gasteiger partial charge on any atom is 0.307 e. The zero-order valence-electron chi connectivity index (χ0n) is 8.95. The van der Waals surface area contributed by atoms with Crippen molar-refractivity contribution in [2.45, 2.75) is 26.3 Å². The van der Waals surface area contributed by atoms with Crippen molar-refractivity contribution in [1.82, 2.24) is 0 Å². The quantitative estimate of drug-likeness (QED) is 0.658. The van der Waals surface area contributed by atoms with E-state index in [-0.39, 0.29) is 6.42 Å². The summed E-state index contributed by atoms with van der Waals surface area (Å²) in [7, 11) is 0. The standard InChI is InChI=1S/C11H16N2O2/c1-7(2)13-10-4-3-8(5-9(10)12)6-11(14)15/h3-5,7,13H,6,12H2,1-2H3,(H,14,15). The second-order valence-corrected chi connectivity index (χ2v) is 3.79. The Labute approximate surface area is 89.1 Å². The van der Waals surface area contributed by atoms with E-state index in [0.29, 0.717) is 17.3 Å². The van der Waals surface area contributed by atoms with E-state index in [4.69, 9.17) is 10.8 Å². The van der Waals surface area contributed by atoms with Gasteiger partial charge in [0.05, 0.1) is 17.8 Å². The van der Waals surface area contributed by atoms with Crippen LogP contribution < -0.4 is 11.1 Å². The molecule has 82 valence electrons. The van der Waals surface area contributed by atoms with Crippen LogP contribution in [0.1, 0.15) is 19.4 Å². The molecule has 0 amide bonds. The van der Waals surface area contributed by atoms with Crippen molar-refractivity contribution < 1.29 is 9.90 Å². The van der Waals surface area contributed by atoms with E-state index in [1.165, 1.54) is 0 Å². The summed E-state index contributed by atoms with van der Waals surface area (Å²) in [5.41, 5.74) is 7.94. The number of carboxylic acids is 1. The molecule has 1 rings (SSSR count). The molecule has 0 saturated carbocycles. The lowest BCUT2D eigenvalue weighted by Crippen LogP contribution is -2.11. The lowest BCUT2D eigenvalue weighted by atomic mass is 10.1. The van der Waals surface area contributed by atoms with Gasteiger partial charge in [-0.1, -0.05) is 6.07 Å². The molecule has 0 aliphatic rings. The first kappa shape index (κ1) is 11.4. The second kappa shape index (κ2) is 4.68. The number of hydrogen-bond donors (Lipinski definition) is 3. The van der Waals surface area contributed by atoms with Crippen molar-refractivity contribution in [1.29, 1.82) is 0 Å². The molecule has 4 heteroatoms. The molecule has 0 saturated heterocycles. The summed E-state index contributed by atoms with van der Waals surface area (Å²) >= 11 is 0. The third-order valence-electron chi connectivity index (χ3n) is 1.92. The number of hydrogen-bond acceptors (Lipinski definition) is 3. The second-order valence-electron chi connectivity index (χ2n) is 3.79. The van der Waals surface area contributed by atoms with E-state index in [2.05, 4.69) is 5.32 Å². The third kappa shape index (κ3) is 3.50. The topological polar surface area (TPSA) is 75.3 Å². The Kier molecular flexibility index (Phi) is 3.55. The van der Waals surface area contributed by atoms with Crippen molar-refractivity contribution in [3.63, 3.8) is 0 Å². The van der Waals surface area contributed by atoms with Gasteiger partial charge in [-0.25, -0.2) is 0 Å². The molecule has 1 aromatic carbocycles. The van der Waals surface area contributed by atoms with Gasteiger partial charge in [-0.05, 0) is 31.5 Å². The number of nitrogens with one attached hydrogen (secondary N) is 1. The predicted molar refractivity (Wildman–Crippen MR) is 61.0 cm³/mol. The third-order valence-corrected chi connectivity index (χ3v) is 1.92. The minimum absolute atomic E-state index is 0.00611. The van der Waals surface area contributed by atoms with Crippen LogP contribution in [0.5, 0.6) is 0 Å². The first-order valence-electron chi connectivity index (χ1n) is 4.85. The average molecular weight is 208 g/mol. The van der Waals surface area contributed by atoms with Crippen LogP contribution in [0.3, 0.4) is 0 Å². The fraction of sp³-hybridized carbons (Fsp3) is 0.364. The summed E-state index contributed by atoms with van der Waals surface area (Å²) in [5, 5.41) is 11.8. The summed E-state index contributed by atoms with van der Waals surface area (Å²) in [4.78, 5) is 10.5. The SMILES string of the molecule is CC(C)Nc1ccc(CC(=O)O)cc1N. The van der Waals surface area contributed by atoms with Crippen LogP contribution in [0, 0.1) is 0 Å². The van der Waals surface area contributed by atoms with Crippen LogP contribution in [0.25, 0.3) is 0 Å². The number of rotatable bonds is 4. The molecular formula is C11H16N2O2. The first-order chi connectivity index (χ1) is 6.99. The molecule has 0 unspecified atom stereocenters. The Balaban J connectivity index is 2.83. The molecule has 1 aromatic rings. The highest BCUT2D eigenvalue weighted by Gasteiger charge is 2.04.